The summed E-state index contributed by atoms with van der Waals surface area (Å²) in [6.07, 6.45) is 0. The molecule has 9 heteroatoms. The monoisotopic (exact) mass is 377 g/mol. The Kier molecular flexibility index (Phi) is 9.06. The van der Waals surface area contributed by atoms with Gasteiger partial charge in [0.05, 0.1) is 32.1 Å². The number of benzene rings is 1. The van der Waals surface area contributed by atoms with Gasteiger partial charge in [-0.25, -0.2) is 4.99 Å². The number of hydrogen-bond donors (Lipinski definition) is 0. The molecule has 0 N–H and O–H groups in total. The van der Waals surface area contributed by atoms with Crippen LogP contribution < -0.4 is 0 Å². The molecule has 0 radical (unpaired) electrons. The molecule has 0 amide bonds. The standard InChI is InChI=1S/C15H25NO6P2/c1-5-19-23(17,20-6-2)15(16-14-12-10-9-11-13-14)24(18,21-7-3)22-8-4/h9-13H,5-8H2,1-4H3. The first kappa shape index (κ1) is 21.2. The summed E-state index contributed by atoms with van der Waals surface area (Å²) in [4.78, 5) is 4.27. The maximum Gasteiger partial charge on any atom is 0.388 e. The van der Waals surface area contributed by atoms with Crippen LogP contribution in [0.25, 0.3) is 0 Å². The second-order valence-electron chi connectivity index (χ2n) is 4.41. The van der Waals surface area contributed by atoms with Crippen molar-refractivity contribution >= 4 is 26.1 Å². The number of hydrogen-bond acceptors (Lipinski definition) is 7. The van der Waals surface area contributed by atoms with E-state index < -0.39 is 15.2 Å². The fourth-order valence-corrected chi connectivity index (χ4v) is 6.22. The van der Waals surface area contributed by atoms with Crippen LogP contribution in [-0.4, -0.2) is 31.6 Å². The molecule has 1 aromatic rings. The van der Waals surface area contributed by atoms with Crippen LogP contribution in [0.3, 0.4) is 0 Å². The average Bonchev–Trinajstić information content (AvgIpc) is 2.54. The van der Waals surface area contributed by atoms with Crippen LogP contribution in [0, 0.1) is 0 Å². The van der Waals surface area contributed by atoms with Crippen LogP contribution in [-0.2, 0) is 27.2 Å². The van der Waals surface area contributed by atoms with E-state index in [1.54, 1.807) is 52.0 Å². The Morgan fingerprint density at radius 3 is 1.50 bits per heavy atom. The van der Waals surface area contributed by atoms with E-state index in [1.165, 1.54) is 0 Å². The first-order chi connectivity index (χ1) is 11.5. The van der Waals surface area contributed by atoms with Gasteiger partial charge in [-0.3, -0.25) is 9.13 Å². The van der Waals surface area contributed by atoms with Crippen molar-refractivity contribution in [2.75, 3.05) is 26.4 Å². The lowest BCUT2D eigenvalue weighted by Crippen LogP contribution is -2.12. The zero-order chi connectivity index (χ0) is 18.1. The molecule has 0 aliphatic rings. The van der Waals surface area contributed by atoms with E-state index in [9.17, 15) is 9.13 Å². The van der Waals surface area contributed by atoms with Crippen molar-refractivity contribution in [1.29, 1.82) is 0 Å². The molecule has 0 aromatic heterocycles. The molecular weight excluding hydrogens is 352 g/mol. The zero-order valence-electron chi connectivity index (χ0n) is 14.5. The Labute approximate surface area is 143 Å². The van der Waals surface area contributed by atoms with Crippen LogP contribution >= 0.6 is 15.2 Å². The van der Waals surface area contributed by atoms with Crippen molar-refractivity contribution in [3.63, 3.8) is 0 Å². The van der Waals surface area contributed by atoms with Crippen molar-refractivity contribution in [1.82, 2.24) is 0 Å². The Bertz CT molecular complexity index is 568. The molecule has 7 nitrogen and oxygen atoms in total. The third kappa shape index (κ3) is 5.62. The lowest BCUT2D eigenvalue weighted by Gasteiger charge is -2.24. The molecule has 0 aliphatic heterocycles. The Balaban J connectivity index is 3.53. The molecule has 0 fully saturated rings. The first-order valence-corrected chi connectivity index (χ1v) is 11.0. The van der Waals surface area contributed by atoms with E-state index in [-0.39, 0.29) is 31.6 Å². The lowest BCUT2D eigenvalue weighted by atomic mass is 10.3. The summed E-state index contributed by atoms with van der Waals surface area (Å²) < 4.78 is 47.7. The molecule has 0 saturated carbocycles. The summed E-state index contributed by atoms with van der Waals surface area (Å²) in [5, 5.41) is -0.325. The van der Waals surface area contributed by atoms with E-state index in [1.807, 2.05) is 6.07 Å². The van der Waals surface area contributed by atoms with Gasteiger partial charge in [-0.05, 0) is 39.8 Å². The average molecular weight is 377 g/mol. The summed E-state index contributed by atoms with van der Waals surface area (Å²) >= 11 is 0. The van der Waals surface area contributed by atoms with E-state index in [4.69, 9.17) is 18.1 Å². The van der Waals surface area contributed by atoms with Crippen molar-refractivity contribution in [3.8, 4) is 0 Å². The van der Waals surface area contributed by atoms with Crippen LogP contribution in [0.4, 0.5) is 5.69 Å². The minimum Gasteiger partial charge on any atom is -0.304 e. The van der Waals surface area contributed by atoms with Crippen LogP contribution in [0.15, 0.2) is 35.3 Å². The third-order valence-electron chi connectivity index (χ3n) is 2.67. The number of para-hydroxylation sites is 1. The summed E-state index contributed by atoms with van der Waals surface area (Å²) in [5.74, 6) is 0. The molecule has 136 valence electrons. The van der Waals surface area contributed by atoms with Gasteiger partial charge < -0.3 is 18.1 Å². The molecular formula is C15H25NO6P2. The van der Waals surface area contributed by atoms with Gasteiger partial charge in [-0.1, -0.05) is 18.2 Å². The summed E-state index contributed by atoms with van der Waals surface area (Å²) in [6.45, 7) is 7.06. The van der Waals surface area contributed by atoms with Gasteiger partial charge >= 0.3 is 15.2 Å². The minimum atomic E-state index is -3.94. The lowest BCUT2D eigenvalue weighted by molar-refractivity contribution is 0.224. The van der Waals surface area contributed by atoms with E-state index >= 15 is 0 Å². The Morgan fingerprint density at radius 1 is 0.792 bits per heavy atom. The number of aliphatic imine (C=N–C) groups is 1. The van der Waals surface area contributed by atoms with Crippen LogP contribution in [0.2, 0.25) is 0 Å². The molecule has 0 bridgehead atoms. The van der Waals surface area contributed by atoms with Gasteiger partial charge in [0.2, 0.25) is 5.19 Å². The fourth-order valence-electron chi connectivity index (χ4n) is 1.88. The van der Waals surface area contributed by atoms with E-state index in [0.29, 0.717) is 5.69 Å². The highest BCUT2D eigenvalue weighted by molar-refractivity contribution is 7.98. The topological polar surface area (TPSA) is 83.4 Å². The normalized spacial score (nSPS) is 12.2. The maximum atomic E-state index is 13.2. The number of nitrogens with zero attached hydrogens (tertiary/aromatic N) is 1. The molecule has 0 heterocycles. The zero-order valence-corrected chi connectivity index (χ0v) is 16.3. The molecule has 1 rings (SSSR count). The smallest absolute Gasteiger partial charge is 0.304 e. The molecule has 0 atom stereocenters. The predicted molar refractivity (Wildman–Crippen MR) is 95.3 cm³/mol. The van der Waals surface area contributed by atoms with Gasteiger partial charge in [-0.15, -0.1) is 0 Å². The Morgan fingerprint density at radius 2 is 1.17 bits per heavy atom. The number of rotatable bonds is 11. The van der Waals surface area contributed by atoms with E-state index in [0.717, 1.165) is 0 Å². The van der Waals surface area contributed by atoms with Gasteiger partial charge in [0.15, 0.2) is 0 Å². The Hall–Kier alpha value is -0.810. The molecule has 0 unspecified atom stereocenters. The van der Waals surface area contributed by atoms with Crippen molar-refractivity contribution in [3.05, 3.63) is 30.3 Å². The SMILES string of the molecule is CCOP(=O)(OCC)C(=Nc1ccccc1)P(=O)(OCC)OCC. The van der Waals surface area contributed by atoms with E-state index in [2.05, 4.69) is 4.99 Å². The second kappa shape index (κ2) is 10.2. The third-order valence-corrected chi connectivity index (χ3v) is 7.71. The first-order valence-electron chi connectivity index (χ1n) is 7.88. The fraction of sp³-hybridized carbons (Fsp3) is 0.533. The van der Waals surface area contributed by atoms with Gasteiger partial charge in [0.1, 0.15) is 0 Å². The molecule has 24 heavy (non-hydrogen) atoms. The molecule has 0 spiro atoms. The summed E-state index contributed by atoms with van der Waals surface area (Å²) in [5.41, 5.74) is 0.451. The van der Waals surface area contributed by atoms with Crippen LogP contribution in [0.1, 0.15) is 27.7 Å². The quantitative estimate of drug-likeness (QED) is 0.389. The van der Waals surface area contributed by atoms with Crippen molar-refractivity contribution in [2.45, 2.75) is 27.7 Å². The maximum absolute atomic E-state index is 13.2. The van der Waals surface area contributed by atoms with Gasteiger partial charge in [0, 0.05) is 0 Å². The summed E-state index contributed by atoms with van der Waals surface area (Å²) in [6, 6.07) is 8.70. The molecule has 0 aliphatic carbocycles. The summed E-state index contributed by atoms with van der Waals surface area (Å²) in [7, 11) is -7.88. The molecule has 1 aromatic carbocycles. The minimum absolute atomic E-state index is 0.101. The molecule has 0 saturated heterocycles. The highest BCUT2D eigenvalue weighted by Crippen LogP contribution is 2.66. The highest BCUT2D eigenvalue weighted by atomic mass is 31.2. The van der Waals surface area contributed by atoms with Gasteiger partial charge in [0.25, 0.3) is 0 Å². The van der Waals surface area contributed by atoms with Crippen LogP contribution in [0.5, 0.6) is 0 Å². The van der Waals surface area contributed by atoms with Crippen molar-refractivity contribution in [2.24, 2.45) is 4.99 Å². The van der Waals surface area contributed by atoms with Gasteiger partial charge in [-0.2, -0.15) is 0 Å². The highest BCUT2D eigenvalue weighted by Gasteiger charge is 2.47. The predicted octanol–water partition coefficient (Wildman–Crippen LogP) is 5.21. The van der Waals surface area contributed by atoms with Crippen molar-refractivity contribution < 1.29 is 27.2 Å². The second-order valence-corrected chi connectivity index (χ2v) is 8.64. The largest absolute Gasteiger partial charge is 0.388 e.